The van der Waals surface area contributed by atoms with E-state index >= 15 is 0 Å². The molecule has 0 bridgehead atoms. The van der Waals surface area contributed by atoms with Crippen LogP contribution in [-0.4, -0.2) is 7.11 Å². The number of hydrogen-bond acceptors (Lipinski definition) is 1. The molecule has 2 aromatic rings. The molecule has 2 aromatic carbocycles. The van der Waals surface area contributed by atoms with Crippen LogP contribution in [-0.2, 0) is 0 Å². The van der Waals surface area contributed by atoms with Crippen molar-refractivity contribution in [2.45, 2.75) is 6.92 Å². The highest BCUT2D eigenvalue weighted by Crippen LogP contribution is 2.31. The lowest BCUT2D eigenvalue weighted by Crippen LogP contribution is -1.92. The summed E-state index contributed by atoms with van der Waals surface area (Å²) in [4.78, 5) is 0. The lowest BCUT2D eigenvalue weighted by Gasteiger charge is -2.09. The van der Waals surface area contributed by atoms with E-state index in [1.807, 2.05) is 6.07 Å². The molecule has 3 heteroatoms. The normalized spacial score (nSPS) is 10.4. The predicted octanol–water partition coefficient (Wildman–Crippen LogP) is 3.95. The van der Waals surface area contributed by atoms with Crippen LogP contribution in [0.2, 0.25) is 0 Å². The zero-order valence-corrected chi connectivity index (χ0v) is 9.63. The number of benzene rings is 2. The molecule has 0 N–H and O–H groups in total. The number of halogens is 2. The van der Waals surface area contributed by atoms with Gasteiger partial charge in [0.2, 0.25) is 0 Å². The molecule has 17 heavy (non-hydrogen) atoms. The van der Waals surface area contributed by atoms with Crippen LogP contribution in [0, 0.1) is 18.6 Å². The number of hydrogen-bond donors (Lipinski definition) is 0. The number of para-hydroxylation sites is 1. The second-order valence-electron chi connectivity index (χ2n) is 3.77. The smallest absolute Gasteiger partial charge is 0.129 e. The lowest BCUT2D eigenvalue weighted by atomic mass is 10.0. The average Bonchev–Trinajstić information content (AvgIpc) is 2.35. The van der Waals surface area contributed by atoms with E-state index in [4.69, 9.17) is 4.74 Å². The van der Waals surface area contributed by atoms with Crippen LogP contribution >= 0.6 is 0 Å². The van der Waals surface area contributed by atoms with Crippen molar-refractivity contribution in [2.24, 2.45) is 0 Å². The first-order chi connectivity index (χ1) is 8.13. The molecule has 0 amide bonds. The molecule has 0 spiro atoms. The fourth-order valence-electron chi connectivity index (χ4n) is 1.68. The summed E-state index contributed by atoms with van der Waals surface area (Å²) in [5.41, 5.74) is 1.18. The quantitative estimate of drug-likeness (QED) is 0.764. The van der Waals surface area contributed by atoms with Crippen LogP contribution in [0.1, 0.15) is 5.56 Å². The highest BCUT2D eigenvalue weighted by atomic mass is 19.1. The molecule has 0 saturated heterocycles. The molecule has 0 fully saturated rings. The van der Waals surface area contributed by atoms with Crippen molar-refractivity contribution in [3.05, 3.63) is 53.6 Å². The molecule has 88 valence electrons. The van der Waals surface area contributed by atoms with Gasteiger partial charge in [-0.25, -0.2) is 8.78 Å². The van der Waals surface area contributed by atoms with Crippen molar-refractivity contribution in [3.63, 3.8) is 0 Å². The highest BCUT2D eigenvalue weighted by Gasteiger charge is 2.11. The Balaban J connectivity index is 2.61. The standard InChI is InChI=1S/C14H12F2O/c1-9-12(15)7-10(8-13(9)16)11-5-3-4-6-14(11)17-2/h3-8H,1-2H3. The largest absolute Gasteiger partial charge is 0.496 e. The Labute approximate surface area is 98.7 Å². The number of rotatable bonds is 2. The van der Waals surface area contributed by atoms with Crippen molar-refractivity contribution in [1.82, 2.24) is 0 Å². The molecule has 0 radical (unpaired) electrons. The SMILES string of the molecule is COc1ccccc1-c1cc(F)c(C)c(F)c1. The first-order valence-electron chi connectivity index (χ1n) is 5.22. The van der Waals surface area contributed by atoms with Gasteiger partial charge in [0, 0.05) is 11.1 Å². The minimum absolute atomic E-state index is 0.0312. The Morgan fingerprint density at radius 1 is 1.00 bits per heavy atom. The van der Waals surface area contributed by atoms with E-state index in [2.05, 4.69) is 0 Å². The highest BCUT2D eigenvalue weighted by molar-refractivity contribution is 5.70. The molecule has 0 aliphatic carbocycles. The molecule has 0 atom stereocenters. The summed E-state index contributed by atoms with van der Waals surface area (Å²) in [7, 11) is 1.53. The van der Waals surface area contributed by atoms with Crippen molar-refractivity contribution < 1.29 is 13.5 Å². The third-order valence-electron chi connectivity index (χ3n) is 2.70. The lowest BCUT2D eigenvalue weighted by molar-refractivity contribution is 0.416. The molecule has 2 rings (SSSR count). The second-order valence-corrected chi connectivity index (χ2v) is 3.77. The molecule has 0 aliphatic heterocycles. The fourth-order valence-corrected chi connectivity index (χ4v) is 1.68. The van der Waals surface area contributed by atoms with E-state index in [1.165, 1.54) is 26.2 Å². The summed E-state index contributed by atoms with van der Waals surface area (Å²) in [6.07, 6.45) is 0. The van der Waals surface area contributed by atoms with Crippen LogP contribution < -0.4 is 4.74 Å². The van der Waals surface area contributed by atoms with E-state index in [-0.39, 0.29) is 5.56 Å². The van der Waals surface area contributed by atoms with Gasteiger partial charge in [0.25, 0.3) is 0 Å². The third kappa shape index (κ3) is 2.13. The minimum atomic E-state index is -0.550. The van der Waals surface area contributed by atoms with E-state index in [0.717, 1.165) is 0 Å². The van der Waals surface area contributed by atoms with Crippen molar-refractivity contribution >= 4 is 0 Å². The molecule has 0 aromatic heterocycles. The monoisotopic (exact) mass is 234 g/mol. The van der Waals surface area contributed by atoms with E-state index in [0.29, 0.717) is 16.9 Å². The molecule has 0 aliphatic rings. The topological polar surface area (TPSA) is 9.23 Å². The van der Waals surface area contributed by atoms with Crippen LogP contribution in [0.3, 0.4) is 0 Å². The first-order valence-corrected chi connectivity index (χ1v) is 5.22. The van der Waals surface area contributed by atoms with Crippen LogP contribution in [0.5, 0.6) is 5.75 Å². The number of ether oxygens (including phenoxy) is 1. The van der Waals surface area contributed by atoms with Crippen LogP contribution in [0.4, 0.5) is 8.78 Å². The van der Waals surface area contributed by atoms with Crippen molar-refractivity contribution in [3.8, 4) is 16.9 Å². The van der Waals surface area contributed by atoms with Crippen LogP contribution in [0.15, 0.2) is 36.4 Å². The molecule has 0 saturated carbocycles. The zero-order valence-electron chi connectivity index (χ0n) is 9.63. The van der Waals surface area contributed by atoms with Gasteiger partial charge in [-0.2, -0.15) is 0 Å². The van der Waals surface area contributed by atoms with Gasteiger partial charge in [0.15, 0.2) is 0 Å². The van der Waals surface area contributed by atoms with Crippen molar-refractivity contribution in [2.75, 3.05) is 7.11 Å². The Morgan fingerprint density at radius 2 is 1.59 bits per heavy atom. The molecule has 0 unspecified atom stereocenters. The van der Waals surface area contributed by atoms with Crippen LogP contribution in [0.25, 0.3) is 11.1 Å². The zero-order chi connectivity index (χ0) is 12.4. The molecule has 1 nitrogen and oxygen atoms in total. The summed E-state index contributed by atoms with van der Waals surface area (Å²) < 4.78 is 32.1. The maximum absolute atomic E-state index is 13.5. The van der Waals surface area contributed by atoms with E-state index in [9.17, 15) is 8.78 Å². The summed E-state index contributed by atoms with van der Waals surface area (Å²) >= 11 is 0. The fraction of sp³-hybridized carbons (Fsp3) is 0.143. The Hall–Kier alpha value is -1.90. The Morgan fingerprint density at radius 3 is 2.18 bits per heavy atom. The van der Waals surface area contributed by atoms with E-state index < -0.39 is 11.6 Å². The number of methoxy groups -OCH3 is 1. The van der Waals surface area contributed by atoms with Gasteiger partial charge in [-0.05, 0) is 30.7 Å². The summed E-state index contributed by atoms with van der Waals surface area (Å²) in [5.74, 6) is -0.507. The van der Waals surface area contributed by atoms with Gasteiger partial charge in [0.05, 0.1) is 7.11 Å². The summed E-state index contributed by atoms with van der Waals surface area (Å²) in [5, 5.41) is 0. The van der Waals surface area contributed by atoms with Crippen molar-refractivity contribution in [1.29, 1.82) is 0 Å². The average molecular weight is 234 g/mol. The minimum Gasteiger partial charge on any atom is -0.496 e. The maximum Gasteiger partial charge on any atom is 0.129 e. The summed E-state index contributed by atoms with van der Waals surface area (Å²) in [6.45, 7) is 1.41. The first kappa shape index (κ1) is 11.6. The van der Waals surface area contributed by atoms with Gasteiger partial charge in [0.1, 0.15) is 17.4 Å². The molecule has 0 heterocycles. The Bertz CT molecular complexity index is 527. The summed E-state index contributed by atoms with van der Waals surface area (Å²) in [6, 6.07) is 9.76. The molecular weight excluding hydrogens is 222 g/mol. The van der Waals surface area contributed by atoms with E-state index in [1.54, 1.807) is 18.2 Å². The van der Waals surface area contributed by atoms with Gasteiger partial charge < -0.3 is 4.74 Å². The second kappa shape index (κ2) is 4.53. The van der Waals surface area contributed by atoms with Gasteiger partial charge in [-0.1, -0.05) is 18.2 Å². The van der Waals surface area contributed by atoms with Gasteiger partial charge in [-0.15, -0.1) is 0 Å². The predicted molar refractivity (Wildman–Crippen MR) is 63.1 cm³/mol. The third-order valence-corrected chi connectivity index (χ3v) is 2.70. The molecular formula is C14H12F2O. The van der Waals surface area contributed by atoms with Gasteiger partial charge >= 0.3 is 0 Å². The Kier molecular flexibility index (Phi) is 3.09. The van der Waals surface area contributed by atoms with Gasteiger partial charge in [-0.3, -0.25) is 0 Å². The maximum atomic E-state index is 13.5.